The Labute approximate surface area is 52.1 Å². The summed E-state index contributed by atoms with van der Waals surface area (Å²) in [5, 5.41) is 17.5. The van der Waals surface area contributed by atoms with Gasteiger partial charge in [0.05, 0.1) is 13.2 Å². The lowest BCUT2D eigenvalue weighted by Gasteiger charge is -2.11. The molecule has 1 rings (SSSR count). The van der Waals surface area contributed by atoms with Crippen molar-refractivity contribution < 1.29 is 19.7 Å². The van der Waals surface area contributed by atoms with Gasteiger partial charge in [-0.15, -0.1) is 0 Å². The zero-order chi connectivity index (χ0) is 6.91. The fraction of sp³-hybridized carbons (Fsp3) is 0.800. The molecule has 0 amide bonds. The summed E-state index contributed by atoms with van der Waals surface area (Å²) in [6, 6.07) is 0. The Morgan fingerprint density at radius 3 is 2.67 bits per heavy atom. The van der Waals surface area contributed by atoms with E-state index in [0.717, 1.165) is 0 Å². The number of hydrogen-bond donors (Lipinski definition) is 2. The van der Waals surface area contributed by atoms with E-state index in [1.165, 1.54) is 0 Å². The van der Waals surface area contributed by atoms with Gasteiger partial charge < -0.3 is 14.9 Å². The topological polar surface area (TPSA) is 66.8 Å². The third-order valence-corrected chi connectivity index (χ3v) is 1.39. The number of aliphatic hydroxyl groups is 2. The third kappa shape index (κ3) is 0.906. The average Bonchev–Trinajstić information content (AvgIpc) is 2.15. The molecule has 1 atom stereocenters. The normalized spacial score (nSPS) is 34.7. The summed E-state index contributed by atoms with van der Waals surface area (Å²) in [5.41, 5.74) is -1.61. The van der Waals surface area contributed by atoms with Crippen LogP contribution in [-0.2, 0) is 9.53 Å². The van der Waals surface area contributed by atoms with E-state index in [-0.39, 0.29) is 13.0 Å². The van der Waals surface area contributed by atoms with Gasteiger partial charge in [-0.3, -0.25) is 0 Å². The van der Waals surface area contributed by atoms with E-state index in [0.29, 0.717) is 0 Å². The molecule has 52 valence electrons. The van der Waals surface area contributed by atoms with Crippen LogP contribution in [-0.4, -0.2) is 35.0 Å². The molecule has 1 heterocycles. The van der Waals surface area contributed by atoms with Gasteiger partial charge >= 0.3 is 5.97 Å². The quantitative estimate of drug-likeness (QED) is 0.433. The predicted molar refractivity (Wildman–Crippen MR) is 27.6 cm³/mol. The summed E-state index contributed by atoms with van der Waals surface area (Å²) >= 11 is 0. The lowest BCUT2D eigenvalue weighted by atomic mass is 10.1. The van der Waals surface area contributed by atoms with E-state index in [1.807, 2.05) is 0 Å². The summed E-state index contributed by atoms with van der Waals surface area (Å²) in [5.74, 6) is -0.718. The number of carbonyl (C=O) groups is 1. The van der Waals surface area contributed by atoms with Gasteiger partial charge in [0.1, 0.15) is 0 Å². The summed E-state index contributed by atoms with van der Waals surface area (Å²) in [4.78, 5) is 10.5. The minimum absolute atomic E-state index is 0.197. The second-order valence-electron chi connectivity index (χ2n) is 2.08. The van der Waals surface area contributed by atoms with Crippen molar-refractivity contribution in [2.24, 2.45) is 0 Å². The van der Waals surface area contributed by atoms with Gasteiger partial charge in [0.15, 0.2) is 5.60 Å². The zero-order valence-electron chi connectivity index (χ0n) is 4.83. The molecule has 0 aliphatic carbocycles. The van der Waals surface area contributed by atoms with Crippen LogP contribution in [0.5, 0.6) is 0 Å². The van der Waals surface area contributed by atoms with Crippen LogP contribution in [0.3, 0.4) is 0 Å². The van der Waals surface area contributed by atoms with Gasteiger partial charge in [-0.1, -0.05) is 0 Å². The fourth-order valence-electron chi connectivity index (χ4n) is 0.693. The van der Waals surface area contributed by atoms with E-state index in [1.54, 1.807) is 0 Å². The molecule has 0 radical (unpaired) electrons. The Hall–Kier alpha value is -0.610. The number of ether oxygens (including phenoxy) is 1. The lowest BCUT2D eigenvalue weighted by molar-refractivity contribution is -0.156. The number of rotatable bonds is 1. The number of carbonyl (C=O) groups excluding carboxylic acids is 1. The van der Waals surface area contributed by atoms with Gasteiger partial charge in [0, 0.05) is 6.42 Å². The Morgan fingerprint density at radius 1 is 1.78 bits per heavy atom. The lowest BCUT2D eigenvalue weighted by Crippen LogP contribution is -2.37. The highest BCUT2D eigenvalue weighted by Gasteiger charge is 2.41. The monoisotopic (exact) mass is 132 g/mol. The van der Waals surface area contributed by atoms with Gasteiger partial charge in [0.2, 0.25) is 0 Å². The summed E-state index contributed by atoms with van der Waals surface area (Å²) < 4.78 is 4.41. The van der Waals surface area contributed by atoms with Crippen LogP contribution >= 0.6 is 0 Å². The smallest absolute Gasteiger partial charge is 0.340 e. The standard InChI is InChI=1S/C5H8O4/c6-3-5(8)1-2-9-4(5)7/h6,8H,1-3H2/t5-/m1/s1. The number of cyclic esters (lactones) is 1. The minimum Gasteiger partial charge on any atom is -0.463 e. The van der Waals surface area contributed by atoms with Crippen molar-refractivity contribution in [3.8, 4) is 0 Å². The van der Waals surface area contributed by atoms with Crippen molar-refractivity contribution >= 4 is 5.97 Å². The second-order valence-corrected chi connectivity index (χ2v) is 2.08. The highest BCUT2D eigenvalue weighted by molar-refractivity contribution is 5.81. The fourth-order valence-corrected chi connectivity index (χ4v) is 0.693. The van der Waals surface area contributed by atoms with Gasteiger partial charge in [-0.25, -0.2) is 4.79 Å². The number of hydrogen-bond acceptors (Lipinski definition) is 4. The molecule has 0 spiro atoms. The van der Waals surface area contributed by atoms with E-state index >= 15 is 0 Å². The first kappa shape index (κ1) is 6.51. The number of aliphatic hydroxyl groups excluding tert-OH is 1. The predicted octanol–water partition coefficient (Wildman–Crippen LogP) is -1.34. The van der Waals surface area contributed by atoms with Crippen LogP contribution < -0.4 is 0 Å². The first-order chi connectivity index (χ1) is 4.19. The maximum Gasteiger partial charge on any atom is 0.340 e. The molecule has 1 aliphatic rings. The molecule has 1 aliphatic heterocycles. The molecule has 0 saturated carbocycles. The molecule has 9 heavy (non-hydrogen) atoms. The molecular formula is C5H8O4. The van der Waals surface area contributed by atoms with Crippen molar-refractivity contribution in [1.82, 2.24) is 0 Å². The highest BCUT2D eigenvalue weighted by Crippen LogP contribution is 2.18. The summed E-state index contributed by atoms with van der Waals surface area (Å²) in [6.45, 7) is -0.346. The summed E-state index contributed by atoms with van der Waals surface area (Å²) in [6.07, 6.45) is 0.197. The third-order valence-electron chi connectivity index (χ3n) is 1.39. The molecule has 1 saturated heterocycles. The number of esters is 1. The van der Waals surface area contributed by atoms with Crippen LogP contribution in [0.25, 0.3) is 0 Å². The maximum absolute atomic E-state index is 10.5. The molecule has 0 bridgehead atoms. The Morgan fingerprint density at radius 2 is 2.44 bits per heavy atom. The summed E-state index contributed by atoms with van der Waals surface area (Å²) in [7, 11) is 0. The van der Waals surface area contributed by atoms with Crippen LogP contribution in [0.2, 0.25) is 0 Å². The largest absolute Gasteiger partial charge is 0.463 e. The van der Waals surface area contributed by atoms with E-state index < -0.39 is 18.2 Å². The van der Waals surface area contributed by atoms with Crippen LogP contribution in [0, 0.1) is 0 Å². The molecule has 0 aromatic heterocycles. The Kier molecular flexibility index (Phi) is 1.42. The van der Waals surface area contributed by atoms with Crippen molar-refractivity contribution in [3.63, 3.8) is 0 Å². The Balaban J connectivity index is 2.67. The molecule has 2 N–H and O–H groups in total. The van der Waals surface area contributed by atoms with Gasteiger partial charge in [-0.05, 0) is 0 Å². The second kappa shape index (κ2) is 1.97. The SMILES string of the molecule is O=C1OCC[C@@]1(O)CO. The van der Waals surface area contributed by atoms with Crippen LogP contribution in [0.1, 0.15) is 6.42 Å². The van der Waals surface area contributed by atoms with Crippen LogP contribution in [0.4, 0.5) is 0 Å². The molecular weight excluding hydrogens is 124 g/mol. The first-order valence-corrected chi connectivity index (χ1v) is 2.69. The van der Waals surface area contributed by atoms with Gasteiger partial charge in [-0.2, -0.15) is 0 Å². The first-order valence-electron chi connectivity index (χ1n) is 2.69. The molecule has 1 fully saturated rings. The molecule has 0 aromatic rings. The van der Waals surface area contributed by atoms with Crippen molar-refractivity contribution in [1.29, 1.82) is 0 Å². The highest BCUT2D eigenvalue weighted by atomic mass is 16.6. The van der Waals surface area contributed by atoms with Crippen molar-refractivity contribution in [3.05, 3.63) is 0 Å². The Bertz CT molecular complexity index is 133. The van der Waals surface area contributed by atoms with E-state index in [9.17, 15) is 4.79 Å². The molecule has 4 nitrogen and oxygen atoms in total. The van der Waals surface area contributed by atoms with Crippen molar-refractivity contribution in [2.75, 3.05) is 13.2 Å². The maximum atomic E-state index is 10.5. The molecule has 0 aromatic carbocycles. The van der Waals surface area contributed by atoms with Crippen molar-refractivity contribution in [2.45, 2.75) is 12.0 Å². The zero-order valence-corrected chi connectivity index (χ0v) is 4.83. The molecule has 4 heteroatoms. The average molecular weight is 132 g/mol. The van der Waals surface area contributed by atoms with E-state index in [4.69, 9.17) is 10.2 Å². The minimum atomic E-state index is -1.61. The van der Waals surface area contributed by atoms with Crippen LogP contribution in [0.15, 0.2) is 0 Å². The molecule has 0 unspecified atom stereocenters. The van der Waals surface area contributed by atoms with E-state index in [2.05, 4.69) is 4.74 Å². The van der Waals surface area contributed by atoms with Gasteiger partial charge in [0.25, 0.3) is 0 Å².